The van der Waals surface area contributed by atoms with E-state index in [-0.39, 0.29) is 37.7 Å². The molecule has 0 saturated carbocycles. The number of likely N-dealkylation sites (tertiary alicyclic amines) is 2. The van der Waals surface area contributed by atoms with E-state index in [1.807, 2.05) is 55.7 Å². The minimum atomic E-state index is -1.17. The van der Waals surface area contributed by atoms with E-state index >= 15 is 0 Å². The van der Waals surface area contributed by atoms with Crippen molar-refractivity contribution < 1.29 is 38.5 Å². The second-order valence-electron chi connectivity index (χ2n) is 19.5. The third-order valence-corrected chi connectivity index (χ3v) is 14.4. The van der Waals surface area contributed by atoms with Crippen LogP contribution in [-0.4, -0.2) is 109 Å². The molecule has 2 aromatic heterocycles. The summed E-state index contributed by atoms with van der Waals surface area (Å²) in [7, 11) is 2.04. The summed E-state index contributed by atoms with van der Waals surface area (Å²) in [4.78, 5) is 65.9. The minimum absolute atomic E-state index is 0.0607. The van der Waals surface area contributed by atoms with Crippen LogP contribution in [0.25, 0.3) is 11.3 Å². The number of carbonyl (C=O) groups is 4. The number of piperidine rings is 1. The van der Waals surface area contributed by atoms with Gasteiger partial charge in [-0.15, -0.1) is 0 Å². The smallest absolute Gasteiger partial charge is 0.304 e. The molecule has 5 aromatic rings. The largest absolute Gasteiger partial charge is 0.619 e. The number of halogens is 2. The predicted molar refractivity (Wildman–Crippen MR) is 268 cm³/mol. The van der Waals surface area contributed by atoms with Gasteiger partial charge in [0.1, 0.15) is 29.1 Å². The van der Waals surface area contributed by atoms with E-state index in [2.05, 4.69) is 20.1 Å². The van der Waals surface area contributed by atoms with Gasteiger partial charge in [0.25, 0.3) is 0 Å². The van der Waals surface area contributed by atoms with Gasteiger partial charge in [0.2, 0.25) is 17.7 Å². The molecule has 3 fully saturated rings. The highest BCUT2D eigenvalue weighted by Gasteiger charge is 2.50. The van der Waals surface area contributed by atoms with Gasteiger partial charge in [0, 0.05) is 66.4 Å². The van der Waals surface area contributed by atoms with Gasteiger partial charge < -0.3 is 39.9 Å². The Morgan fingerprint density at radius 2 is 1.69 bits per heavy atom. The second-order valence-corrected chi connectivity index (χ2v) is 20.4. The highest BCUT2D eigenvalue weighted by molar-refractivity contribution is 6.31. The molecular weight excluding hydrogens is 948 g/mol. The summed E-state index contributed by atoms with van der Waals surface area (Å²) in [6.07, 6.45) is 6.40. The number of rotatable bonds is 18. The number of amides is 3. The Balaban J connectivity index is 0.955. The number of carboxylic acids is 1. The molecule has 3 amide bonds. The topological polar surface area (TPSA) is 186 Å². The van der Waals surface area contributed by atoms with Crippen LogP contribution in [0, 0.1) is 11.1 Å². The second kappa shape index (κ2) is 22.2. The molecule has 3 aliphatic rings. The van der Waals surface area contributed by atoms with Crippen LogP contribution in [0.1, 0.15) is 75.5 Å². The number of aromatic nitrogens is 3. The molecule has 3 N–H and O–H groups in total. The van der Waals surface area contributed by atoms with Gasteiger partial charge in [-0.25, -0.2) is 4.98 Å². The summed E-state index contributed by atoms with van der Waals surface area (Å²) in [5.41, 5.74) is 1.72. The Kier molecular flexibility index (Phi) is 16.0. The van der Waals surface area contributed by atoms with Gasteiger partial charge in [-0.2, -0.15) is 4.73 Å². The number of imidazole rings is 1. The van der Waals surface area contributed by atoms with Crippen molar-refractivity contribution in [3.8, 4) is 22.8 Å². The van der Waals surface area contributed by atoms with E-state index in [1.54, 1.807) is 68.1 Å². The van der Waals surface area contributed by atoms with Crippen molar-refractivity contribution in [3.63, 3.8) is 0 Å². The molecule has 5 heterocycles. The fourth-order valence-electron chi connectivity index (χ4n) is 10.1. The Bertz CT molecular complexity index is 2710. The summed E-state index contributed by atoms with van der Waals surface area (Å²) >= 11 is 12.7. The number of hydrogen-bond donors (Lipinski definition) is 3. The maximum absolute atomic E-state index is 14.8. The molecule has 0 unspecified atom stereocenters. The first-order valence-electron chi connectivity index (χ1n) is 24.2. The standard InChI is InChI=1S/C53H62Cl2N8O8/c1-35(56-30-38-13-18-41(55)28-46(38)71-43-19-14-37(15-20-43)44-31-57-47(59(44)4)32-60-22-7-8-23-60)50(67)63-45(33-70-52(63,2)3)49(66)58-53(29-36-11-16-40(54)17-12-36)21-9-24-61(34-53)51(68)39(27-48(64)65)26-42-10-5-6-25-62(42)69/h5-6,10-20,25,28,31,35,39,45,56H,7-9,21-24,26-27,29-30,32-34H2,1-4H3,(H,58,66)(H,64,65)/t35-,39+,45-,53+/m0/s1. The number of benzene rings is 3. The first kappa shape index (κ1) is 51.3. The Labute approximate surface area is 424 Å². The molecule has 0 radical (unpaired) electrons. The summed E-state index contributed by atoms with van der Waals surface area (Å²) < 4.78 is 15.3. The maximum atomic E-state index is 14.8. The maximum Gasteiger partial charge on any atom is 0.304 e. The van der Waals surface area contributed by atoms with Crippen LogP contribution in [0.2, 0.25) is 10.0 Å². The molecule has 3 aromatic carbocycles. The zero-order valence-electron chi connectivity index (χ0n) is 40.6. The molecule has 71 heavy (non-hydrogen) atoms. The zero-order chi connectivity index (χ0) is 50.5. The number of aliphatic carboxylic acids is 1. The van der Waals surface area contributed by atoms with Crippen molar-refractivity contribution in [3.05, 3.63) is 135 Å². The summed E-state index contributed by atoms with van der Waals surface area (Å²) in [6.45, 7) is 8.79. The van der Waals surface area contributed by atoms with Gasteiger partial charge >= 0.3 is 5.97 Å². The quantitative estimate of drug-likeness (QED) is 0.0612. The number of hydrogen-bond acceptors (Lipinski definition) is 10. The van der Waals surface area contributed by atoms with Crippen molar-refractivity contribution in [2.24, 2.45) is 13.0 Å². The Morgan fingerprint density at radius 3 is 2.41 bits per heavy atom. The molecule has 0 aliphatic carbocycles. The number of pyridine rings is 1. The van der Waals surface area contributed by atoms with Gasteiger partial charge in [0.05, 0.1) is 49.0 Å². The van der Waals surface area contributed by atoms with E-state index in [0.717, 1.165) is 47.8 Å². The van der Waals surface area contributed by atoms with Crippen LogP contribution in [0.5, 0.6) is 11.5 Å². The molecule has 4 atom stereocenters. The van der Waals surface area contributed by atoms with E-state index < -0.39 is 53.5 Å². The number of ether oxygens (including phenoxy) is 2. The lowest BCUT2D eigenvalue weighted by Crippen LogP contribution is -2.65. The number of nitrogens with zero attached hydrogens (tertiary/aromatic N) is 6. The van der Waals surface area contributed by atoms with Crippen molar-refractivity contribution in [1.29, 1.82) is 0 Å². The number of carboxylic acid groups (broad SMARTS) is 1. The fraction of sp³-hybridized carbons (Fsp3) is 0.434. The first-order chi connectivity index (χ1) is 34.0. The predicted octanol–water partition coefficient (Wildman–Crippen LogP) is 6.91. The molecule has 18 heteroatoms. The van der Waals surface area contributed by atoms with Crippen LogP contribution in [0.15, 0.2) is 97.3 Å². The number of carbonyl (C=O) groups excluding carboxylic acids is 3. The van der Waals surface area contributed by atoms with Gasteiger partial charge in [0.15, 0.2) is 11.9 Å². The zero-order valence-corrected chi connectivity index (χ0v) is 42.1. The minimum Gasteiger partial charge on any atom is -0.619 e. The third-order valence-electron chi connectivity index (χ3n) is 13.9. The molecule has 3 aliphatic heterocycles. The normalized spacial score (nSPS) is 19.9. The molecule has 376 valence electrons. The van der Waals surface area contributed by atoms with E-state index in [1.165, 1.54) is 23.9 Å². The average molecular weight is 1010 g/mol. The monoisotopic (exact) mass is 1010 g/mol. The Morgan fingerprint density at radius 1 is 0.958 bits per heavy atom. The fourth-order valence-corrected chi connectivity index (χ4v) is 10.4. The van der Waals surface area contributed by atoms with Gasteiger partial charge in [-0.1, -0.05) is 47.5 Å². The molecule has 0 spiro atoms. The lowest BCUT2D eigenvalue weighted by Gasteiger charge is -2.45. The molecular formula is C53H62Cl2N8O8. The lowest BCUT2D eigenvalue weighted by atomic mass is 9.82. The van der Waals surface area contributed by atoms with Crippen molar-refractivity contribution in [1.82, 2.24) is 34.9 Å². The van der Waals surface area contributed by atoms with Crippen molar-refractivity contribution >= 4 is 46.9 Å². The SMILES string of the molecule is C[C@H](NCc1ccc(Cl)cc1Oc1ccc(-c2cnc(CN3CCCC3)n2C)cc1)C(=O)N1[C@H](C(=O)N[C@@]2(Cc3ccc(Cl)cc3)CCCN(C(=O)[C@@H](CC(=O)O)Cc3cccc[n+]3[O-])C2)COC1(C)C. The lowest BCUT2D eigenvalue weighted by molar-refractivity contribution is -0.614. The summed E-state index contributed by atoms with van der Waals surface area (Å²) in [5.74, 6) is -1.29. The molecule has 16 nitrogen and oxygen atoms in total. The average Bonchev–Trinajstić information content (AvgIpc) is 4.08. The van der Waals surface area contributed by atoms with Crippen LogP contribution < -0.4 is 20.1 Å². The molecule has 3 saturated heterocycles. The van der Waals surface area contributed by atoms with E-state index in [9.17, 15) is 29.5 Å². The highest BCUT2D eigenvalue weighted by Crippen LogP contribution is 2.34. The van der Waals surface area contributed by atoms with Crippen molar-refractivity contribution in [2.45, 2.75) is 102 Å². The summed E-state index contributed by atoms with van der Waals surface area (Å²) in [5, 5.41) is 30.1. The number of nitrogens with one attached hydrogen (secondary N) is 2. The molecule has 0 bridgehead atoms. The van der Waals surface area contributed by atoms with E-state index in [0.29, 0.717) is 52.1 Å². The van der Waals surface area contributed by atoms with Crippen LogP contribution in [0.4, 0.5) is 0 Å². The third kappa shape index (κ3) is 12.4. The van der Waals surface area contributed by atoms with Crippen LogP contribution in [0.3, 0.4) is 0 Å². The van der Waals surface area contributed by atoms with Crippen molar-refractivity contribution in [2.75, 3.05) is 32.8 Å². The van der Waals surface area contributed by atoms with E-state index in [4.69, 9.17) is 37.7 Å². The Hall–Kier alpha value is -6.04. The van der Waals surface area contributed by atoms with Crippen LogP contribution >= 0.6 is 23.2 Å². The molecule has 8 rings (SSSR count). The highest BCUT2D eigenvalue weighted by atomic mass is 35.5. The van der Waals surface area contributed by atoms with Crippen LogP contribution in [-0.2, 0) is 56.9 Å². The summed E-state index contributed by atoms with van der Waals surface area (Å²) in [6, 6.07) is 23.4. The van der Waals surface area contributed by atoms with Gasteiger partial charge in [-0.05, 0) is 120 Å². The first-order valence-corrected chi connectivity index (χ1v) is 25.0. The van der Waals surface area contributed by atoms with Gasteiger partial charge in [-0.3, -0.25) is 29.0 Å².